The first kappa shape index (κ1) is 54.8. The smallest absolute Gasteiger partial charge is 0.410 e. The number of rotatable bonds is 4. The normalized spacial score (nSPS) is 25.7. The second-order valence-corrected chi connectivity index (χ2v) is 29.2. The van der Waals surface area contributed by atoms with Gasteiger partial charge < -0.3 is 29.3 Å². The number of amides is 1. The van der Waals surface area contributed by atoms with Gasteiger partial charge in [-0.2, -0.15) is 0 Å². The molecule has 6 bridgehead atoms. The largest absolute Gasteiger partial charge is 0.444 e. The van der Waals surface area contributed by atoms with E-state index < -0.39 is 0 Å². The number of nitrogens with one attached hydrogen (secondary N) is 1. The molecule has 25 heteroatoms. The molecular weight excluding hydrogens is 1150 g/mol. The van der Waals surface area contributed by atoms with Crippen molar-refractivity contribution in [3.05, 3.63) is 57.2 Å². The van der Waals surface area contributed by atoms with Gasteiger partial charge in [0, 0.05) is 183 Å². The molecule has 8 saturated heterocycles. The van der Waals surface area contributed by atoms with Crippen LogP contribution in [0.25, 0.3) is 0 Å². The van der Waals surface area contributed by atoms with Gasteiger partial charge in [0.15, 0.2) is 0 Å². The van der Waals surface area contributed by atoms with Gasteiger partial charge >= 0.3 is 6.09 Å². The number of ether oxygens (including phenoxy) is 3. The summed E-state index contributed by atoms with van der Waals surface area (Å²) < 4.78 is 17.2. The molecule has 376 valence electrons. The van der Waals surface area contributed by atoms with Crippen LogP contribution in [-0.4, -0.2) is 170 Å². The molecule has 0 saturated carbocycles. The Morgan fingerprint density at radius 3 is 1.49 bits per heavy atom. The van der Waals surface area contributed by atoms with Crippen LogP contribution < -0.4 is 15.1 Å². The summed E-state index contributed by atoms with van der Waals surface area (Å²) in [5.74, 6) is 4.26. The highest BCUT2D eigenvalue weighted by Crippen LogP contribution is 2.36. The number of anilines is 2. The van der Waals surface area contributed by atoms with Crippen LogP contribution in [0.3, 0.4) is 0 Å². The number of hydrogen-bond donors (Lipinski definition) is 1. The quantitative estimate of drug-likeness (QED) is 0.223. The number of piperazine rings is 3. The molecule has 69 heavy (non-hydrogen) atoms. The van der Waals surface area contributed by atoms with E-state index in [2.05, 4.69) is 106 Å². The molecule has 0 aliphatic carbocycles. The molecule has 1 N–H and O–H groups in total. The fourth-order valence-electron chi connectivity index (χ4n) is 10.0. The maximum atomic E-state index is 12.0. The first-order chi connectivity index (χ1) is 33.3. The first-order valence-electron chi connectivity index (χ1n) is 23.0. The van der Waals surface area contributed by atoms with Gasteiger partial charge in [0.2, 0.25) is 17.2 Å². The van der Waals surface area contributed by atoms with E-state index in [1.165, 1.54) is 43.4 Å². The van der Waals surface area contributed by atoms with Gasteiger partial charge in [0.25, 0.3) is 0 Å². The molecule has 6 atom stereocenters. The van der Waals surface area contributed by atoms with Gasteiger partial charge in [0.1, 0.15) is 5.60 Å². The SMILES string of the molecule is C#Cc1cnc(N2CC3CCC(C2)N3C2COC2)nc1.CC(C)(C)OC(=O)N1C2CCC1CNC2.Cc1cnc(Cl)nc1.Ic1cnc(N2CC3CCC(C2)N3C2COC2)nc1.S=S=S=S=S=S=S. The highest BCUT2D eigenvalue weighted by atomic mass is 127. The lowest BCUT2D eigenvalue weighted by Crippen LogP contribution is -2.62. The first-order valence-corrected chi connectivity index (χ1v) is 32.5. The van der Waals surface area contributed by atoms with Gasteiger partial charge in [-0.25, -0.2) is 34.7 Å². The summed E-state index contributed by atoms with van der Waals surface area (Å²) in [5.41, 5.74) is 1.37. The highest BCUT2D eigenvalue weighted by Gasteiger charge is 2.47. The standard InChI is InChI=1S/C15H18N4O.C13H17IN4O.C11H20N2O2.C5H5ClN2.S7/c1-2-11-5-16-15(17-6-11)18-7-12-3-4-13(8-18)19(12)14-9-20-10-14;14-9-3-15-13(16-4-9)17-5-10-1-2-11(6-17)18(10)12-7-19-8-12;1-11(2,3)15-10(14)13-8-4-5-9(13)7-12-6-8;1-4-2-7-5(6)8-3-4;1-3-5-7-6-4-2/h1,5-6,12-14H,3-4,7-10H2;3-4,10-12H,1-2,5-8H2;8-9,12H,4-7H2,1-3H3;2-3H,1H3;. The van der Waals surface area contributed by atoms with Crippen molar-refractivity contribution in [1.29, 1.82) is 0 Å². The number of carbonyl (C=O) groups excluding carboxylic acids is 1. The van der Waals surface area contributed by atoms with Crippen molar-refractivity contribution in [2.24, 2.45) is 0 Å². The van der Waals surface area contributed by atoms with Crippen LogP contribution in [-0.2, 0) is 81.0 Å². The molecule has 6 unspecified atom stereocenters. The van der Waals surface area contributed by atoms with E-state index >= 15 is 0 Å². The fourth-order valence-corrected chi connectivity index (χ4v) is 18.6. The molecule has 1 amide bonds. The molecular formula is C44H60ClIN12O4S7. The predicted octanol–water partition coefficient (Wildman–Crippen LogP) is 4.42. The van der Waals surface area contributed by atoms with Crippen molar-refractivity contribution in [1.82, 2.24) is 49.9 Å². The van der Waals surface area contributed by atoms with Crippen LogP contribution in [0.1, 0.15) is 70.4 Å². The van der Waals surface area contributed by atoms with Crippen molar-refractivity contribution in [2.75, 3.05) is 75.5 Å². The lowest BCUT2D eigenvalue weighted by Gasteiger charge is -2.47. The highest BCUT2D eigenvalue weighted by molar-refractivity contribution is 14.1. The molecule has 8 aliphatic rings. The molecule has 11 rings (SSSR count). The summed E-state index contributed by atoms with van der Waals surface area (Å²) in [6.45, 7) is 17.3. The van der Waals surface area contributed by atoms with Crippen LogP contribution in [0.4, 0.5) is 16.7 Å². The van der Waals surface area contributed by atoms with Crippen molar-refractivity contribution >= 4 is 119 Å². The predicted molar refractivity (Wildman–Crippen MR) is 297 cm³/mol. The summed E-state index contributed by atoms with van der Waals surface area (Å²) in [5, 5.41) is 3.65. The minimum atomic E-state index is -0.388. The fraction of sp³-hybridized carbons (Fsp3) is 0.659. The number of aryl methyl sites for hydroxylation is 1. The van der Waals surface area contributed by atoms with E-state index in [1.807, 2.05) is 45.0 Å². The number of aromatic nitrogens is 6. The number of nitrogens with zero attached hydrogens (tertiary/aromatic N) is 11. The van der Waals surface area contributed by atoms with Crippen molar-refractivity contribution in [3.63, 3.8) is 0 Å². The second-order valence-electron chi connectivity index (χ2n) is 18.8. The third kappa shape index (κ3) is 15.5. The van der Waals surface area contributed by atoms with Crippen LogP contribution >= 0.6 is 34.2 Å². The summed E-state index contributed by atoms with van der Waals surface area (Å²) in [4.78, 5) is 49.1. The average molecular weight is 1210 g/mol. The minimum Gasteiger partial charge on any atom is -0.444 e. The number of fused-ring (bicyclic) bond motifs is 6. The van der Waals surface area contributed by atoms with Gasteiger partial charge in [0.05, 0.1) is 44.1 Å². The summed E-state index contributed by atoms with van der Waals surface area (Å²) in [6, 6.07) is 4.57. The van der Waals surface area contributed by atoms with E-state index in [4.69, 9.17) is 32.2 Å². The van der Waals surface area contributed by atoms with E-state index in [9.17, 15) is 4.79 Å². The Morgan fingerprint density at radius 2 is 1.13 bits per heavy atom. The number of carbonyl (C=O) groups is 1. The molecule has 3 aromatic rings. The van der Waals surface area contributed by atoms with Crippen LogP contribution in [0, 0.1) is 22.8 Å². The van der Waals surface area contributed by atoms with E-state index in [0.29, 0.717) is 53.6 Å². The van der Waals surface area contributed by atoms with E-state index in [0.717, 1.165) is 105 Å². The summed E-state index contributed by atoms with van der Waals surface area (Å²) in [6.07, 6.45) is 23.2. The summed E-state index contributed by atoms with van der Waals surface area (Å²) in [7, 11) is 7.36. The lowest BCUT2D eigenvalue weighted by atomic mass is 10.1. The Hall–Kier alpha value is -1.97. The van der Waals surface area contributed by atoms with Crippen molar-refractivity contribution in [3.8, 4) is 12.3 Å². The number of hydrogen-bond acceptors (Lipinski definition) is 17. The maximum Gasteiger partial charge on any atom is 0.410 e. The minimum absolute atomic E-state index is 0.142. The molecule has 0 spiro atoms. The van der Waals surface area contributed by atoms with Gasteiger partial charge in [-0.1, -0.05) is 5.92 Å². The Balaban J connectivity index is 0.000000134. The molecule has 0 aromatic carbocycles. The van der Waals surface area contributed by atoms with Crippen molar-refractivity contribution < 1.29 is 19.0 Å². The van der Waals surface area contributed by atoms with E-state index in [-0.39, 0.29) is 11.7 Å². The molecule has 16 nitrogen and oxygen atoms in total. The topological polar surface area (TPSA) is 150 Å². The Labute approximate surface area is 449 Å². The van der Waals surface area contributed by atoms with Crippen LogP contribution in [0.2, 0.25) is 5.28 Å². The van der Waals surface area contributed by atoms with Crippen LogP contribution in [0.15, 0.2) is 37.2 Å². The third-order valence-electron chi connectivity index (χ3n) is 13.0. The monoisotopic (exact) mass is 1210 g/mol. The van der Waals surface area contributed by atoms with Gasteiger partial charge in [-0.15, -0.1) is 6.42 Å². The Kier molecular flexibility index (Phi) is 21.3. The molecule has 8 fully saturated rings. The maximum absolute atomic E-state index is 12.0. The van der Waals surface area contributed by atoms with Gasteiger partial charge in [-0.3, -0.25) is 14.7 Å². The zero-order valence-corrected chi connectivity index (χ0v) is 47.8. The van der Waals surface area contributed by atoms with E-state index in [1.54, 1.807) is 51.4 Å². The van der Waals surface area contributed by atoms with Gasteiger partial charge in [-0.05, 0) is 106 Å². The van der Waals surface area contributed by atoms with Crippen molar-refractivity contribution in [2.45, 2.75) is 120 Å². The molecule has 8 aliphatic heterocycles. The molecule has 11 heterocycles. The lowest BCUT2D eigenvalue weighted by molar-refractivity contribution is -0.0851. The molecule has 3 aromatic heterocycles. The Bertz CT molecular complexity index is 2340. The number of terminal acetylenes is 1. The average Bonchev–Trinajstić information content (AvgIpc) is 3.80. The molecule has 0 radical (unpaired) electrons. The summed E-state index contributed by atoms with van der Waals surface area (Å²) >= 11 is 16.8. The zero-order chi connectivity index (χ0) is 48.9. The number of halogens is 2. The van der Waals surface area contributed by atoms with Crippen LogP contribution in [0.5, 0.6) is 0 Å². The second kappa shape index (κ2) is 26.8. The Morgan fingerprint density at radius 1 is 0.710 bits per heavy atom. The zero-order valence-electron chi connectivity index (χ0n) is 39.1. The third-order valence-corrected chi connectivity index (χ3v) is 22.6.